The first-order valence-electron chi connectivity index (χ1n) is 3.35. The Labute approximate surface area is 78.7 Å². The maximum atomic E-state index is 9.98. The number of carbonyl (C=O) groups is 3. The van der Waals surface area contributed by atoms with Crippen LogP contribution in [-0.4, -0.2) is 44.5 Å². The molecule has 0 heterocycles. The van der Waals surface area contributed by atoms with E-state index in [0.717, 1.165) is 6.92 Å². The van der Waals surface area contributed by atoms with E-state index in [1.807, 2.05) is 0 Å². The van der Waals surface area contributed by atoms with Gasteiger partial charge in [0.25, 0.3) is 5.97 Å². The quantitative estimate of drug-likeness (QED) is 0.370. The highest BCUT2D eigenvalue weighted by Gasteiger charge is 2.18. The van der Waals surface area contributed by atoms with Gasteiger partial charge in [0.1, 0.15) is 6.04 Å². The lowest BCUT2D eigenvalue weighted by molar-refractivity contribution is -0.148. The highest BCUT2D eigenvalue weighted by Crippen LogP contribution is 1.89. The van der Waals surface area contributed by atoms with Crippen LogP contribution in [0, 0.1) is 0 Å². The van der Waals surface area contributed by atoms with Gasteiger partial charge in [-0.05, 0) is 0 Å². The van der Waals surface area contributed by atoms with Crippen LogP contribution in [0.15, 0.2) is 0 Å². The lowest BCUT2D eigenvalue weighted by Crippen LogP contribution is -2.36. The van der Waals surface area contributed by atoms with E-state index in [1.165, 1.54) is 5.48 Å². The number of aliphatic carboxylic acids is 3. The van der Waals surface area contributed by atoms with Gasteiger partial charge in [-0.2, -0.15) is 5.48 Å². The van der Waals surface area contributed by atoms with Gasteiger partial charge in [0, 0.05) is 6.92 Å². The Bertz CT molecular complexity index is 210. The molecule has 14 heavy (non-hydrogen) atoms. The molecule has 0 bridgehead atoms. The molecule has 82 valence electrons. The molecule has 0 aliphatic carbocycles. The Hall–Kier alpha value is -1.67. The predicted octanol–water partition coefficient (Wildman–Crippen LogP) is -1.02. The van der Waals surface area contributed by atoms with Crippen molar-refractivity contribution in [1.82, 2.24) is 5.48 Å². The van der Waals surface area contributed by atoms with Crippen molar-refractivity contribution in [3.8, 4) is 0 Å². The third kappa shape index (κ3) is 13.0. The molecule has 0 fully saturated rings. The topological polar surface area (TPSA) is 144 Å². The lowest BCUT2D eigenvalue weighted by atomic mass is 10.2. The Morgan fingerprint density at radius 2 is 1.57 bits per heavy atom. The summed E-state index contributed by atoms with van der Waals surface area (Å²) in [4.78, 5) is 28.8. The summed E-state index contributed by atoms with van der Waals surface area (Å²) in [5.41, 5.74) is 1.35. The first-order valence-corrected chi connectivity index (χ1v) is 3.35. The van der Waals surface area contributed by atoms with Crippen molar-refractivity contribution in [2.45, 2.75) is 19.4 Å². The van der Waals surface area contributed by atoms with Crippen LogP contribution >= 0.6 is 0 Å². The van der Waals surface area contributed by atoms with Crippen molar-refractivity contribution in [3.05, 3.63) is 0 Å². The number of carboxylic acid groups (broad SMARTS) is 3. The number of hydrogen-bond acceptors (Lipinski definition) is 5. The molecular weight excluding hydrogens is 198 g/mol. The van der Waals surface area contributed by atoms with Gasteiger partial charge in [0.2, 0.25) is 0 Å². The van der Waals surface area contributed by atoms with Gasteiger partial charge in [-0.1, -0.05) is 0 Å². The zero-order valence-electron chi connectivity index (χ0n) is 7.30. The molecule has 0 spiro atoms. The summed E-state index contributed by atoms with van der Waals surface area (Å²) in [5, 5.41) is 31.7. The summed E-state index contributed by atoms with van der Waals surface area (Å²) in [7, 11) is 0. The Morgan fingerprint density at radius 3 is 1.64 bits per heavy atom. The normalized spacial score (nSPS) is 10.7. The smallest absolute Gasteiger partial charge is 0.323 e. The SMILES string of the molecule is CC(=O)O.O=C(O)CC(NO)C(=O)O. The van der Waals surface area contributed by atoms with E-state index in [4.69, 9.17) is 25.3 Å². The lowest BCUT2D eigenvalue weighted by Gasteiger charge is -2.04. The van der Waals surface area contributed by atoms with Crippen LogP contribution in [0.1, 0.15) is 13.3 Å². The van der Waals surface area contributed by atoms with Crippen LogP contribution in [-0.2, 0) is 14.4 Å². The minimum Gasteiger partial charge on any atom is -0.481 e. The van der Waals surface area contributed by atoms with Crippen LogP contribution in [0.5, 0.6) is 0 Å². The van der Waals surface area contributed by atoms with Crippen molar-refractivity contribution in [3.63, 3.8) is 0 Å². The van der Waals surface area contributed by atoms with Crippen LogP contribution in [0.4, 0.5) is 0 Å². The van der Waals surface area contributed by atoms with E-state index in [2.05, 4.69) is 0 Å². The van der Waals surface area contributed by atoms with E-state index in [9.17, 15) is 9.59 Å². The summed E-state index contributed by atoms with van der Waals surface area (Å²) >= 11 is 0. The van der Waals surface area contributed by atoms with Gasteiger partial charge in [-0.25, -0.2) is 0 Å². The standard InChI is InChI=1S/C4H7NO5.C2H4O2/c6-3(7)1-2(5-10)4(8)9;1-2(3)4/h2,5,10H,1H2,(H,6,7)(H,8,9);1H3,(H,3,4). The van der Waals surface area contributed by atoms with E-state index in [0.29, 0.717) is 0 Å². The number of hydroxylamine groups is 1. The number of rotatable bonds is 4. The van der Waals surface area contributed by atoms with Gasteiger partial charge in [0.05, 0.1) is 6.42 Å². The van der Waals surface area contributed by atoms with Crippen molar-refractivity contribution in [2.24, 2.45) is 0 Å². The minimum atomic E-state index is -1.43. The summed E-state index contributed by atoms with van der Waals surface area (Å²) in [6, 6.07) is -1.43. The summed E-state index contributed by atoms with van der Waals surface area (Å²) in [6.07, 6.45) is -0.647. The highest BCUT2D eigenvalue weighted by molar-refractivity contribution is 5.80. The minimum absolute atomic E-state index is 0.647. The van der Waals surface area contributed by atoms with Gasteiger partial charge in [0.15, 0.2) is 0 Å². The average molecular weight is 209 g/mol. The summed E-state index contributed by atoms with van der Waals surface area (Å²) < 4.78 is 0. The molecule has 1 atom stereocenters. The molecule has 0 aromatic rings. The largest absolute Gasteiger partial charge is 0.481 e. The third-order valence-electron chi connectivity index (χ3n) is 0.833. The van der Waals surface area contributed by atoms with Crippen molar-refractivity contribution >= 4 is 17.9 Å². The molecule has 8 nitrogen and oxygen atoms in total. The first-order chi connectivity index (χ1) is 6.31. The van der Waals surface area contributed by atoms with E-state index >= 15 is 0 Å². The van der Waals surface area contributed by atoms with Gasteiger partial charge >= 0.3 is 11.9 Å². The second kappa shape index (κ2) is 7.95. The molecule has 0 aromatic heterocycles. The fourth-order valence-corrected chi connectivity index (χ4v) is 0.363. The molecule has 0 rings (SSSR count). The number of nitrogens with one attached hydrogen (secondary N) is 1. The zero-order chi connectivity index (χ0) is 11.7. The fourth-order valence-electron chi connectivity index (χ4n) is 0.363. The monoisotopic (exact) mass is 209 g/mol. The maximum absolute atomic E-state index is 9.98. The highest BCUT2D eigenvalue weighted by atomic mass is 16.5. The van der Waals surface area contributed by atoms with Crippen molar-refractivity contribution in [2.75, 3.05) is 0 Å². The van der Waals surface area contributed by atoms with Crippen LogP contribution in [0.2, 0.25) is 0 Å². The average Bonchev–Trinajstić information content (AvgIpc) is 1.98. The van der Waals surface area contributed by atoms with Crippen molar-refractivity contribution in [1.29, 1.82) is 0 Å². The van der Waals surface area contributed by atoms with E-state index in [1.54, 1.807) is 0 Å². The second-order valence-electron chi connectivity index (χ2n) is 2.14. The van der Waals surface area contributed by atoms with E-state index < -0.39 is 30.4 Å². The third-order valence-corrected chi connectivity index (χ3v) is 0.833. The molecule has 0 saturated heterocycles. The molecule has 1 unspecified atom stereocenters. The first kappa shape index (κ1) is 14.8. The van der Waals surface area contributed by atoms with Crippen LogP contribution in [0.3, 0.4) is 0 Å². The molecule has 0 aliphatic rings. The van der Waals surface area contributed by atoms with Gasteiger partial charge in [-0.15, -0.1) is 0 Å². The summed E-state index contributed by atoms with van der Waals surface area (Å²) in [5.74, 6) is -3.51. The Kier molecular flexibility index (Phi) is 8.43. The fraction of sp³-hybridized carbons (Fsp3) is 0.500. The number of carboxylic acids is 3. The van der Waals surface area contributed by atoms with E-state index in [-0.39, 0.29) is 0 Å². The van der Waals surface area contributed by atoms with Crippen LogP contribution < -0.4 is 5.48 Å². The Balaban J connectivity index is 0. The Morgan fingerprint density at radius 1 is 1.21 bits per heavy atom. The molecule has 0 aliphatic heterocycles. The van der Waals surface area contributed by atoms with Gasteiger partial charge < -0.3 is 20.5 Å². The zero-order valence-corrected chi connectivity index (χ0v) is 7.30. The molecule has 0 radical (unpaired) electrons. The molecule has 0 saturated carbocycles. The second-order valence-corrected chi connectivity index (χ2v) is 2.14. The molecule has 8 heteroatoms. The molecule has 0 aromatic carbocycles. The molecular formula is C6H11NO7. The van der Waals surface area contributed by atoms with Crippen LogP contribution in [0.25, 0.3) is 0 Å². The summed E-state index contributed by atoms with van der Waals surface area (Å²) in [6.45, 7) is 1.08. The predicted molar refractivity (Wildman–Crippen MR) is 41.9 cm³/mol. The maximum Gasteiger partial charge on any atom is 0.323 e. The molecule has 0 amide bonds. The van der Waals surface area contributed by atoms with Gasteiger partial charge in [-0.3, -0.25) is 14.4 Å². The number of hydrogen-bond donors (Lipinski definition) is 5. The van der Waals surface area contributed by atoms with Crippen molar-refractivity contribution < 1.29 is 34.9 Å². The molecule has 5 N–H and O–H groups in total.